The Morgan fingerprint density at radius 1 is 1.18 bits per heavy atom. The molecule has 0 unspecified atom stereocenters. The number of amides is 2. The smallest absolute Gasteiger partial charge is 0.263 e. The van der Waals surface area contributed by atoms with Crippen molar-refractivity contribution in [3.63, 3.8) is 0 Å². The highest BCUT2D eigenvalue weighted by molar-refractivity contribution is 7.12. The predicted octanol–water partition coefficient (Wildman–Crippen LogP) is 3.15. The van der Waals surface area contributed by atoms with E-state index in [4.69, 9.17) is 4.42 Å². The van der Waals surface area contributed by atoms with Crippen LogP contribution < -0.4 is 5.32 Å². The standard InChI is InChI=1S/C21H27N3O3S/c25-20(16-6-3-11-24(15-16)21(26)19-8-5-13-28-19)22-14-17(18-7-4-12-27-18)23-9-1-2-10-23/h4-5,7-8,12-13,16-17H,1-3,6,9-11,14-15H2,(H,22,25)/t16-,17-/m0/s1. The zero-order chi connectivity index (χ0) is 19.3. The van der Waals surface area contributed by atoms with Crippen LogP contribution >= 0.6 is 11.3 Å². The van der Waals surface area contributed by atoms with E-state index in [-0.39, 0.29) is 23.8 Å². The van der Waals surface area contributed by atoms with Gasteiger partial charge in [0.15, 0.2) is 0 Å². The number of carbonyl (C=O) groups is 2. The van der Waals surface area contributed by atoms with Gasteiger partial charge in [-0.25, -0.2) is 0 Å². The Hall–Kier alpha value is -2.12. The fourth-order valence-corrected chi connectivity index (χ4v) is 4.91. The molecule has 2 fully saturated rings. The average Bonchev–Trinajstić information content (AvgIpc) is 3.51. The monoisotopic (exact) mass is 401 g/mol. The molecule has 0 radical (unpaired) electrons. The second-order valence-electron chi connectivity index (χ2n) is 7.59. The van der Waals surface area contributed by atoms with Gasteiger partial charge in [-0.05, 0) is 62.4 Å². The van der Waals surface area contributed by atoms with E-state index in [9.17, 15) is 9.59 Å². The van der Waals surface area contributed by atoms with Crippen molar-refractivity contribution in [2.24, 2.45) is 5.92 Å². The van der Waals surface area contributed by atoms with E-state index in [0.29, 0.717) is 13.1 Å². The summed E-state index contributed by atoms with van der Waals surface area (Å²) in [6, 6.07) is 7.70. The fourth-order valence-electron chi connectivity index (χ4n) is 4.22. The van der Waals surface area contributed by atoms with Gasteiger partial charge >= 0.3 is 0 Å². The van der Waals surface area contributed by atoms with Crippen LogP contribution in [0.15, 0.2) is 40.3 Å². The molecule has 2 aliphatic heterocycles. The van der Waals surface area contributed by atoms with Gasteiger partial charge in [0, 0.05) is 19.6 Å². The Balaban J connectivity index is 1.35. The lowest BCUT2D eigenvalue weighted by atomic mass is 9.96. The van der Waals surface area contributed by atoms with E-state index >= 15 is 0 Å². The van der Waals surface area contributed by atoms with Crippen LogP contribution in [0, 0.1) is 5.92 Å². The number of nitrogens with zero attached hydrogens (tertiary/aromatic N) is 2. The van der Waals surface area contributed by atoms with E-state index in [1.54, 1.807) is 6.26 Å². The lowest BCUT2D eigenvalue weighted by Gasteiger charge is -2.32. The van der Waals surface area contributed by atoms with E-state index in [1.807, 2.05) is 34.5 Å². The molecule has 4 rings (SSSR count). The fraction of sp³-hybridized carbons (Fsp3) is 0.524. The molecule has 2 saturated heterocycles. The number of piperidine rings is 1. The van der Waals surface area contributed by atoms with Crippen LogP contribution in [0.5, 0.6) is 0 Å². The summed E-state index contributed by atoms with van der Waals surface area (Å²) in [6.07, 6.45) is 5.76. The summed E-state index contributed by atoms with van der Waals surface area (Å²) in [5.41, 5.74) is 0. The molecule has 6 nitrogen and oxygen atoms in total. The Labute approximate surface area is 169 Å². The summed E-state index contributed by atoms with van der Waals surface area (Å²) < 4.78 is 5.63. The first-order valence-corrected chi connectivity index (χ1v) is 11.0. The first-order chi connectivity index (χ1) is 13.7. The second-order valence-corrected chi connectivity index (χ2v) is 8.53. The van der Waals surface area contributed by atoms with Crippen molar-refractivity contribution in [2.45, 2.75) is 31.7 Å². The van der Waals surface area contributed by atoms with Crippen LogP contribution in [0.1, 0.15) is 47.2 Å². The molecule has 2 amide bonds. The van der Waals surface area contributed by atoms with Crippen molar-refractivity contribution in [1.82, 2.24) is 15.1 Å². The molecule has 28 heavy (non-hydrogen) atoms. The highest BCUT2D eigenvalue weighted by Gasteiger charge is 2.31. The van der Waals surface area contributed by atoms with Crippen molar-refractivity contribution in [3.05, 3.63) is 46.5 Å². The number of hydrogen-bond acceptors (Lipinski definition) is 5. The SMILES string of the molecule is O=C(NC[C@@H](c1ccco1)N1CCCC1)[C@H]1CCCN(C(=O)c2cccs2)C1. The number of carbonyl (C=O) groups excluding carboxylic acids is 2. The van der Waals surface area contributed by atoms with E-state index in [1.165, 1.54) is 24.2 Å². The van der Waals surface area contributed by atoms with Crippen LogP contribution in [-0.2, 0) is 4.79 Å². The van der Waals surface area contributed by atoms with Crippen LogP contribution in [0.2, 0.25) is 0 Å². The number of rotatable bonds is 6. The highest BCUT2D eigenvalue weighted by Crippen LogP contribution is 2.26. The Bertz CT molecular complexity index is 769. The molecule has 2 aromatic heterocycles. The first-order valence-electron chi connectivity index (χ1n) is 10.1. The molecule has 4 heterocycles. The average molecular weight is 402 g/mol. The second kappa shape index (κ2) is 8.92. The number of hydrogen-bond donors (Lipinski definition) is 1. The summed E-state index contributed by atoms with van der Waals surface area (Å²) in [4.78, 5) is 30.4. The molecule has 7 heteroatoms. The van der Waals surface area contributed by atoms with E-state index in [2.05, 4.69) is 10.2 Å². The van der Waals surface area contributed by atoms with Gasteiger partial charge in [-0.15, -0.1) is 11.3 Å². The molecule has 0 saturated carbocycles. The summed E-state index contributed by atoms with van der Waals surface area (Å²) >= 11 is 1.45. The third-order valence-corrected chi connectivity index (χ3v) is 6.59. The van der Waals surface area contributed by atoms with Crippen LogP contribution in [-0.4, -0.2) is 54.3 Å². The summed E-state index contributed by atoms with van der Waals surface area (Å²) in [7, 11) is 0. The van der Waals surface area contributed by atoms with Crippen LogP contribution in [0.25, 0.3) is 0 Å². The molecule has 1 N–H and O–H groups in total. The quantitative estimate of drug-likeness (QED) is 0.808. The van der Waals surface area contributed by atoms with Gasteiger partial charge in [-0.3, -0.25) is 14.5 Å². The molecule has 2 aromatic rings. The normalized spacial score (nSPS) is 21.6. The van der Waals surface area contributed by atoms with Gasteiger partial charge in [-0.2, -0.15) is 0 Å². The Morgan fingerprint density at radius 3 is 2.75 bits per heavy atom. The summed E-state index contributed by atoms with van der Waals surface area (Å²) in [5.74, 6) is 0.839. The summed E-state index contributed by atoms with van der Waals surface area (Å²) in [5, 5.41) is 5.05. The van der Waals surface area contributed by atoms with Crippen molar-refractivity contribution in [2.75, 3.05) is 32.7 Å². The minimum atomic E-state index is -0.145. The molecular formula is C21H27N3O3S. The Morgan fingerprint density at radius 2 is 2.04 bits per heavy atom. The number of nitrogens with one attached hydrogen (secondary N) is 1. The molecule has 150 valence electrons. The minimum Gasteiger partial charge on any atom is -0.468 e. The van der Waals surface area contributed by atoms with Gasteiger partial charge in [-0.1, -0.05) is 6.07 Å². The number of thiophene rings is 1. The minimum absolute atomic E-state index is 0.0398. The molecule has 0 aromatic carbocycles. The molecule has 0 spiro atoms. The van der Waals surface area contributed by atoms with E-state index < -0.39 is 0 Å². The lowest BCUT2D eigenvalue weighted by molar-refractivity contribution is -0.126. The number of furan rings is 1. The Kier molecular flexibility index (Phi) is 6.12. The van der Waals surface area contributed by atoms with Crippen molar-refractivity contribution < 1.29 is 14.0 Å². The topological polar surface area (TPSA) is 65.8 Å². The number of likely N-dealkylation sites (tertiary alicyclic amines) is 2. The predicted molar refractivity (Wildman–Crippen MR) is 108 cm³/mol. The van der Waals surface area contributed by atoms with Gasteiger partial charge < -0.3 is 14.6 Å². The first kappa shape index (κ1) is 19.2. The third kappa shape index (κ3) is 4.31. The van der Waals surface area contributed by atoms with Crippen molar-refractivity contribution in [1.29, 1.82) is 0 Å². The maximum atomic E-state index is 12.8. The molecule has 0 bridgehead atoms. The molecule has 0 aliphatic carbocycles. The van der Waals surface area contributed by atoms with Gasteiger partial charge in [0.25, 0.3) is 5.91 Å². The largest absolute Gasteiger partial charge is 0.468 e. The van der Waals surface area contributed by atoms with E-state index in [0.717, 1.165) is 43.1 Å². The van der Waals surface area contributed by atoms with Crippen LogP contribution in [0.4, 0.5) is 0 Å². The van der Waals surface area contributed by atoms with Gasteiger partial charge in [0.05, 0.1) is 23.1 Å². The maximum Gasteiger partial charge on any atom is 0.263 e. The molecular weight excluding hydrogens is 374 g/mol. The maximum absolute atomic E-state index is 12.8. The van der Waals surface area contributed by atoms with Crippen molar-refractivity contribution >= 4 is 23.2 Å². The van der Waals surface area contributed by atoms with Crippen LogP contribution in [0.3, 0.4) is 0 Å². The molecule has 2 aliphatic rings. The van der Waals surface area contributed by atoms with Crippen molar-refractivity contribution in [3.8, 4) is 0 Å². The third-order valence-electron chi connectivity index (χ3n) is 5.73. The highest BCUT2D eigenvalue weighted by atomic mass is 32.1. The zero-order valence-electron chi connectivity index (χ0n) is 16.0. The molecule has 2 atom stereocenters. The zero-order valence-corrected chi connectivity index (χ0v) is 16.8. The van der Waals surface area contributed by atoms with Gasteiger partial charge in [0.1, 0.15) is 5.76 Å². The lowest BCUT2D eigenvalue weighted by Crippen LogP contribution is -2.46. The summed E-state index contributed by atoms with van der Waals surface area (Å²) in [6.45, 7) is 3.84. The van der Waals surface area contributed by atoms with Gasteiger partial charge in [0.2, 0.25) is 5.91 Å².